The Kier molecular flexibility index (Phi) is 10.7. The minimum Gasteiger partial charge on any atom is -0.469 e. The van der Waals surface area contributed by atoms with Crippen LogP contribution in [0.25, 0.3) is 0 Å². The first-order valence-corrected chi connectivity index (χ1v) is 11.9. The first-order chi connectivity index (χ1) is 14.5. The summed E-state index contributed by atoms with van der Waals surface area (Å²) in [7, 11) is 2.02. The van der Waals surface area contributed by atoms with Gasteiger partial charge in [-0.15, -0.1) is 0 Å². The van der Waals surface area contributed by atoms with E-state index in [4.69, 9.17) is 4.74 Å². The van der Waals surface area contributed by atoms with Gasteiger partial charge in [0.25, 0.3) is 0 Å². The molecule has 0 fully saturated rings. The molecule has 0 N–H and O–H groups in total. The Labute approximate surface area is 182 Å². The number of ether oxygens (including phenoxy) is 2. The molecule has 0 spiro atoms. The number of allylic oxidation sites excluding steroid dienone is 4. The van der Waals surface area contributed by atoms with Crippen LogP contribution >= 0.6 is 0 Å². The van der Waals surface area contributed by atoms with Crippen LogP contribution < -0.4 is 0 Å². The van der Waals surface area contributed by atoms with E-state index in [9.17, 15) is 13.8 Å². The molecule has 0 amide bonds. The molecule has 0 heterocycles. The molecule has 2 rings (SSSR count). The summed E-state index contributed by atoms with van der Waals surface area (Å²) in [6, 6.07) is 8.38. The topological polar surface area (TPSA) is 69.7 Å². The Morgan fingerprint density at radius 3 is 2.77 bits per heavy atom. The van der Waals surface area contributed by atoms with Crippen molar-refractivity contribution in [2.75, 3.05) is 25.7 Å². The summed E-state index contributed by atoms with van der Waals surface area (Å²) in [5.74, 6) is 0.726. The Morgan fingerprint density at radius 2 is 2.00 bits per heavy atom. The maximum atomic E-state index is 12.2. The van der Waals surface area contributed by atoms with Gasteiger partial charge >= 0.3 is 5.97 Å². The summed E-state index contributed by atoms with van der Waals surface area (Å²) in [5, 5.41) is 0. The minimum atomic E-state index is -1.02. The second-order valence-electron chi connectivity index (χ2n) is 7.48. The normalized spacial score (nSPS) is 19.5. The molecular weight excluding hydrogens is 400 g/mol. The molecule has 1 aliphatic carbocycles. The lowest BCUT2D eigenvalue weighted by atomic mass is 9.91. The van der Waals surface area contributed by atoms with Crippen molar-refractivity contribution >= 4 is 22.6 Å². The first kappa shape index (κ1) is 24.2. The Morgan fingerprint density at radius 1 is 1.20 bits per heavy atom. The maximum absolute atomic E-state index is 12.2. The van der Waals surface area contributed by atoms with E-state index in [1.165, 1.54) is 18.2 Å². The van der Waals surface area contributed by atoms with E-state index in [2.05, 4.69) is 35.1 Å². The molecule has 30 heavy (non-hydrogen) atoms. The molecule has 0 radical (unpaired) electrons. The standard InChI is InChI=1S/C24H32O5S/c1-28-18-20-9-5-8-19(17-20)7-3-4-10-21-12-13-23(25)22(21)14-16-30(27)15-6-11-24(26)29-2/h4-5,8-10,12-13,17,21-22H,3,6-7,11,14-16,18H2,1-2H3/b10-4+/t21?,22-,30?/m1/s1. The highest BCUT2D eigenvalue weighted by molar-refractivity contribution is 7.84. The van der Waals surface area contributed by atoms with Gasteiger partial charge in [0, 0.05) is 47.7 Å². The average Bonchev–Trinajstić information content (AvgIpc) is 3.09. The predicted octanol–water partition coefficient (Wildman–Crippen LogP) is 3.79. The lowest BCUT2D eigenvalue weighted by Gasteiger charge is -2.14. The van der Waals surface area contributed by atoms with Crippen LogP contribution in [0.5, 0.6) is 0 Å². The summed E-state index contributed by atoms with van der Waals surface area (Å²) < 4.78 is 21.9. The van der Waals surface area contributed by atoms with Crippen molar-refractivity contribution in [3.63, 3.8) is 0 Å². The molecule has 0 saturated carbocycles. The molecule has 0 saturated heterocycles. The van der Waals surface area contributed by atoms with Crippen LogP contribution in [0.15, 0.2) is 48.6 Å². The van der Waals surface area contributed by atoms with Gasteiger partial charge in [0.05, 0.1) is 13.7 Å². The second kappa shape index (κ2) is 13.3. The van der Waals surface area contributed by atoms with Crippen LogP contribution in [-0.2, 0) is 42.9 Å². The summed E-state index contributed by atoms with van der Waals surface area (Å²) in [4.78, 5) is 23.3. The van der Waals surface area contributed by atoms with Crippen LogP contribution in [0.2, 0.25) is 0 Å². The van der Waals surface area contributed by atoms with E-state index in [1.807, 2.05) is 12.1 Å². The van der Waals surface area contributed by atoms with Gasteiger partial charge in [-0.05, 0) is 42.9 Å². The molecule has 3 atom stereocenters. The number of rotatable bonds is 13. The smallest absolute Gasteiger partial charge is 0.305 e. The highest BCUT2D eigenvalue weighted by Gasteiger charge is 2.28. The SMILES string of the molecule is COCc1cccc(CC/C=C/C2C=CC(=O)[C@@H]2CCS(=O)CCCC(=O)OC)c1. The first-order valence-electron chi connectivity index (χ1n) is 10.4. The van der Waals surface area contributed by atoms with Gasteiger partial charge in [0.1, 0.15) is 0 Å². The summed E-state index contributed by atoms with van der Waals surface area (Å²) in [6.45, 7) is 0.615. The van der Waals surface area contributed by atoms with Crippen molar-refractivity contribution < 1.29 is 23.3 Å². The second-order valence-corrected chi connectivity index (χ2v) is 9.18. The zero-order valence-corrected chi connectivity index (χ0v) is 18.7. The molecule has 5 nitrogen and oxygen atoms in total. The number of benzene rings is 1. The molecule has 164 valence electrons. The highest BCUT2D eigenvalue weighted by atomic mass is 32.2. The molecule has 0 aliphatic heterocycles. The highest BCUT2D eigenvalue weighted by Crippen LogP contribution is 2.27. The van der Waals surface area contributed by atoms with Crippen molar-refractivity contribution in [3.05, 3.63) is 59.7 Å². The third kappa shape index (κ3) is 8.36. The molecule has 1 aromatic rings. The van der Waals surface area contributed by atoms with Crippen LogP contribution in [0.3, 0.4) is 0 Å². The Bertz CT molecular complexity index is 784. The fourth-order valence-electron chi connectivity index (χ4n) is 3.57. The van der Waals surface area contributed by atoms with Crippen molar-refractivity contribution in [3.8, 4) is 0 Å². The molecule has 1 aromatic carbocycles. The van der Waals surface area contributed by atoms with Gasteiger partial charge in [0.15, 0.2) is 5.78 Å². The zero-order chi connectivity index (χ0) is 21.8. The molecule has 0 aromatic heterocycles. The molecular formula is C24H32O5S. The van der Waals surface area contributed by atoms with Gasteiger partial charge < -0.3 is 9.47 Å². The molecule has 6 heteroatoms. The Balaban J connectivity index is 1.76. The maximum Gasteiger partial charge on any atom is 0.305 e. The van der Waals surface area contributed by atoms with Crippen LogP contribution in [-0.4, -0.2) is 41.7 Å². The van der Waals surface area contributed by atoms with Crippen LogP contribution in [0.4, 0.5) is 0 Å². The van der Waals surface area contributed by atoms with Crippen molar-refractivity contribution in [2.45, 2.75) is 38.7 Å². The summed E-state index contributed by atoms with van der Waals surface area (Å²) in [6.07, 6.45) is 11.1. The fraction of sp³-hybridized carbons (Fsp3) is 0.500. The van der Waals surface area contributed by atoms with Gasteiger partial charge in [-0.1, -0.05) is 42.5 Å². The van der Waals surface area contributed by atoms with E-state index in [0.29, 0.717) is 31.0 Å². The third-order valence-electron chi connectivity index (χ3n) is 5.21. The lowest BCUT2D eigenvalue weighted by molar-refractivity contribution is -0.140. The van der Waals surface area contributed by atoms with E-state index < -0.39 is 10.8 Å². The number of esters is 1. The van der Waals surface area contributed by atoms with Crippen LogP contribution in [0.1, 0.15) is 36.8 Å². The van der Waals surface area contributed by atoms with Crippen molar-refractivity contribution in [2.24, 2.45) is 11.8 Å². The average molecular weight is 433 g/mol. The predicted molar refractivity (Wildman–Crippen MR) is 119 cm³/mol. The number of carbonyl (C=O) groups is 2. The number of ketones is 1. The molecule has 1 aliphatic rings. The largest absolute Gasteiger partial charge is 0.469 e. The van der Waals surface area contributed by atoms with Crippen LogP contribution in [0, 0.1) is 11.8 Å². The van der Waals surface area contributed by atoms with Crippen molar-refractivity contribution in [1.82, 2.24) is 0 Å². The van der Waals surface area contributed by atoms with E-state index >= 15 is 0 Å². The number of hydrogen-bond donors (Lipinski definition) is 0. The van der Waals surface area contributed by atoms with Gasteiger partial charge in [-0.2, -0.15) is 0 Å². The van der Waals surface area contributed by atoms with Crippen molar-refractivity contribution in [1.29, 1.82) is 0 Å². The minimum absolute atomic E-state index is 0.0735. The molecule has 0 bridgehead atoms. The van der Waals surface area contributed by atoms with Gasteiger partial charge in [-0.25, -0.2) is 0 Å². The van der Waals surface area contributed by atoms with Gasteiger partial charge in [-0.3, -0.25) is 13.8 Å². The van der Waals surface area contributed by atoms with E-state index in [0.717, 1.165) is 12.8 Å². The molecule has 2 unspecified atom stereocenters. The Hall–Kier alpha value is -2.05. The lowest BCUT2D eigenvalue weighted by Crippen LogP contribution is -2.18. The zero-order valence-electron chi connectivity index (χ0n) is 17.9. The monoisotopic (exact) mass is 432 g/mol. The fourth-order valence-corrected chi connectivity index (χ4v) is 4.76. The van der Waals surface area contributed by atoms with E-state index in [-0.39, 0.29) is 30.0 Å². The number of hydrogen-bond acceptors (Lipinski definition) is 5. The summed E-state index contributed by atoms with van der Waals surface area (Å²) in [5.41, 5.74) is 2.44. The third-order valence-corrected chi connectivity index (χ3v) is 6.65. The van der Waals surface area contributed by atoms with E-state index in [1.54, 1.807) is 13.2 Å². The number of carbonyl (C=O) groups excluding carboxylic acids is 2. The number of methoxy groups -OCH3 is 2. The summed E-state index contributed by atoms with van der Waals surface area (Å²) >= 11 is 0. The number of aryl methyl sites for hydroxylation is 1. The van der Waals surface area contributed by atoms with Gasteiger partial charge in [0.2, 0.25) is 0 Å². The quantitative estimate of drug-likeness (QED) is 0.350.